The molecule has 0 radical (unpaired) electrons. The van der Waals surface area contributed by atoms with Gasteiger partial charge in [-0.1, -0.05) is 4.34 Å². The monoisotopic (exact) mass is 103 g/mol. The molecule has 2 aromatic rings. The normalized spacial score (nSPS) is 14.3. The smallest absolute Gasteiger partial charge is 0.398 e. The largest absolute Gasteiger partial charge is 0.408 e. The summed E-state index contributed by atoms with van der Waals surface area (Å²) in [6.07, 6.45) is 3.40. The lowest BCUT2D eigenvalue weighted by Gasteiger charge is -1.51. The van der Waals surface area contributed by atoms with Gasteiger partial charge in [-0.3, -0.25) is 0 Å². The Bertz CT molecular complexity index is 202. The molecule has 0 aliphatic carbocycles. The molecule has 6 heavy (non-hydrogen) atoms. The molecule has 1 atom stereocenters. The minimum Gasteiger partial charge on any atom is -0.408 e. The zero-order valence-electron chi connectivity index (χ0n) is 2.87. The van der Waals surface area contributed by atoms with E-state index in [1.165, 1.54) is 0 Å². The molecular weight excluding hydrogens is 101 g/mol. The lowest BCUT2D eigenvalue weighted by atomic mass is 11.0. The van der Waals surface area contributed by atoms with E-state index >= 15 is 0 Å². The molecule has 2 heterocycles. The number of fused-ring (bicyclic) bond motifs is 1. The second-order valence-corrected chi connectivity index (χ2v) is 2.26. The molecule has 2 rings (SSSR count). The van der Waals surface area contributed by atoms with E-state index in [0.29, 0.717) is 0 Å². The van der Waals surface area contributed by atoms with Crippen LogP contribution >= 0.6 is 7.98 Å². The molecule has 32 valence electrons. The molecule has 0 saturated heterocycles. The van der Waals surface area contributed by atoms with E-state index in [9.17, 15) is 0 Å². The van der Waals surface area contributed by atoms with Crippen molar-refractivity contribution in [1.29, 1.82) is 0 Å². The van der Waals surface area contributed by atoms with Crippen molar-refractivity contribution in [3.63, 3.8) is 0 Å². The molecule has 0 aliphatic heterocycles. The van der Waals surface area contributed by atoms with Crippen molar-refractivity contribution >= 4 is 7.98 Å². The van der Waals surface area contributed by atoms with E-state index in [0.717, 1.165) is 0 Å². The van der Waals surface area contributed by atoms with Crippen molar-refractivity contribution in [3.8, 4) is 0 Å². The first-order chi connectivity index (χ1) is 2.97. The highest BCUT2D eigenvalue weighted by Gasteiger charge is 2.02. The van der Waals surface area contributed by atoms with Crippen molar-refractivity contribution in [2.24, 2.45) is 0 Å². The van der Waals surface area contributed by atoms with Gasteiger partial charge in [0, 0.05) is 0 Å². The second-order valence-electron chi connectivity index (χ2n) is 1.01. The van der Waals surface area contributed by atoms with Gasteiger partial charge in [-0.05, 0) is 0 Å². The third-order valence-corrected chi connectivity index (χ3v) is 1.64. The minimum absolute atomic E-state index is 0.576. The van der Waals surface area contributed by atoms with Gasteiger partial charge in [0.1, 0.15) is 6.26 Å². The first-order valence-corrected chi connectivity index (χ1v) is 2.71. The van der Waals surface area contributed by atoms with E-state index in [1.54, 1.807) is 16.8 Å². The van der Waals surface area contributed by atoms with Gasteiger partial charge in [0.15, 0.2) is 0 Å². The third-order valence-electron chi connectivity index (χ3n) is 0.629. The van der Waals surface area contributed by atoms with E-state index in [4.69, 9.17) is 8.50 Å². The van der Waals surface area contributed by atoms with Crippen LogP contribution in [0.3, 0.4) is 0 Å². The fourth-order valence-electron chi connectivity index (χ4n) is 0.334. The van der Waals surface area contributed by atoms with Crippen molar-refractivity contribution in [1.82, 2.24) is 4.34 Å². The molecule has 0 aromatic carbocycles. The molecule has 3 nitrogen and oxygen atoms in total. The molecule has 0 aliphatic rings. The van der Waals surface area contributed by atoms with Crippen LogP contribution in [-0.4, -0.2) is 4.34 Å². The molecular formula is C2H2NO2P. The second kappa shape index (κ2) is 0.590. The summed E-state index contributed by atoms with van der Waals surface area (Å²) in [7, 11) is -0.576. The molecule has 0 N–H and O–H groups in total. The summed E-state index contributed by atoms with van der Waals surface area (Å²) in [4.78, 5) is 0. The fraction of sp³-hybridized carbons (Fsp3) is 0. The quantitative estimate of drug-likeness (QED) is 0.504. The average molecular weight is 103 g/mol. The zero-order chi connectivity index (χ0) is 3.98. The van der Waals surface area contributed by atoms with Crippen LogP contribution in [0.15, 0.2) is 21.0 Å². The summed E-state index contributed by atoms with van der Waals surface area (Å²) < 4.78 is 11.2. The van der Waals surface area contributed by atoms with Gasteiger partial charge in [0.2, 0.25) is 0 Å². The van der Waals surface area contributed by atoms with Crippen molar-refractivity contribution < 1.29 is 8.50 Å². The number of aromatic nitrogens is 1. The number of nitrogens with zero attached hydrogens (tertiary/aromatic N) is 1. The highest BCUT2D eigenvalue weighted by atomic mass is 31.1. The highest BCUT2D eigenvalue weighted by Crippen LogP contribution is 2.29. The molecule has 0 bridgehead atoms. The Kier molecular flexibility index (Phi) is 0.254. The van der Waals surface area contributed by atoms with Crippen LogP contribution in [-0.2, 0) is 0 Å². The Balaban J connectivity index is 3.14. The zero-order valence-corrected chi connectivity index (χ0v) is 3.76. The van der Waals surface area contributed by atoms with Crippen molar-refractivity contribution in [3.05, 3.63) is 12.5 Å². The predicted octanol–water partition coefficient (Wildman–Crippen LogP) is 1.41. The lowest BCUT2D eigenvalue weighted by molar-refractivity contribution is 0.541. The minimum atomic E-state index is -0.576. The van der Waals surface area contributed by atoms with E-state index in [1.807, 2.05) is 0 Å². The van der Waals surface area contributed by atoms with Crippen LogP contribution in [0, 0.1) is 0 Å². The molecule has 1 unspecified atom stereocenters. The van der Waals surface area contributed by atoms with E-state index < -0.39 is 7.98 Å². The van der Waals surface area contributed by atoms with Gasteiger partial charge >= 0.3 is 7.98 Å². The Morgan fingerprint density at radius 2 is 2.67 bits per heavy atom. The standard InChI is InChI=1S/C2H2NO2P/c1-2-4-6-3(1)5-6/h1-2H. The molecule has 0 saturated carbocycles. The summed E-state index contributed by atoms with van der Waals surface area (Å²) in [5.41, 5.74) is 0. The van der Waals surface area contributed by atoms with Crippen LogP contribution in [0.1, 0.15) is 0 Å². The SMILES string of the molecule is c1cn2op2o1. The van der Waals surface area contributed by atoms with Gasteiger partial charge in [-0.15, -0.1) is 0 Å². The van der Waals surface area contributed by atoms with E-state index in [-0.39, 0.29) is 0 Å². The third kappa shape index (κ3) is 0.156. The maximum absolute atomic E-state index is 4.81. The first-order valence-electron chi connectivity index (χ1n) is 1.57. The molecule has 4 heteroatoms. The first kappa shape index (κ1) is 2.59. The Hall–Kier alpha value is -0.560. The number of hydrogen-bond acceptors (Lipinski definition) is 2. The summed E-state index contributed by atoms with van der Waals surface area (Å²) in [6.45, 7) is 0. The lowest BCUT2D eigenvalue weighted by Crippen LogP contribution is -1.42. The molecule has 0 fully saturated rings. The fourth-order valence-corrected chi connectivity index (χ4v) is 1.04. The molecule has 0 amide bonds. The maximum Gasteiger partial charge on any atom is 0.398 e. The summed E-state index contributed by atoms with van der Waals surface area (Å²) in [5.74, 6) is 0. The Morgan fingerprint density at radius 3 is 2.83 bits per heavy atom. The topological polar surface area (TPSA) is 30.7 Å². The van der Waals surface area contributed by atoms with Crippen LogP contribution in [0.25, 0.3) is 0 Å². The van der Waals surface area contributed by atoms with E-state index in [2.05, 4.69) is 0 Å². The van der Waals surface area contributed by atoms with Crippen LogP contribution in [0.2, 0.25) is 0 Å². The Morgan fingerprint density at radius 1 is 1.67 bits per heavy atom. The molecule has 0 spiro atoms. The maximum atomic E-state index is 4.81. The number of rotatable bonds is 0. The summed E-state index contributed by atoms with van der Waals surface area (Å²) >= 11 is 0. The van der Waals surface area contributed by atoms with Crippen molar-refractivity contribution in [2.45, 2.75) is 0 Å². The average Bonchev–Trinajstić information content (AvgIpc) is 2.17. The van der Waals surface area contributed by atoms with Gasteiger partial charge in [-0.25, -0.2) is 0 Å². The highest BCUT2D eigenvalue weighted by molar-refractivity contribution is 7.32. The van der Waals surface area contributed by atoms with Crippen LogP contribution in [0.5, 0.6) is 0 Å². The summed E-state index contributed by atoms with van der Waals surface area (Å²) in [6, 6.07) is 0. The van der Waals surface area contributed by atoms with Gasteiger partial charge in [0.25, 0.3) is 0 Å². The van der Waals surface area contributed by atoms with Crippen LogP contribution < -0.4 is 0 Å². The Labute approximate surface area is 34.4 Å². The van der Waals surface area contributed by atoms with Gasteiger partial charge < -0.3 is 8.50 Å². The summed E-state index contributed by atoms with van der Waals surface area (Å²) in [5, 5.41) is 0. The predicted molar refractivity (Wildman–Crippen MR) is 20.1 cm³/mol. The number of hydrogen-bond donors (Lipinski definition) is 0. The molecule has 2 aromatic heterocycles. The van der Waals surface area contributed by atoms with Crippen LogP contribution in [0.4, 0.5) is 0 Å². The van der Waals surface area contributed by atoms with Gasteiger partial charge in [-0.2, -0.15) is 0 Å². The van der Waals surface area contributed by atoms with Crippen molar-refractivity contribution in [2.75, 3.05) is 0 Å². The van der Waals surface area contributed by atoms with Gasteiger partial charge in [0.05, 0.1) is 6.20 Å².